The first kappa shape index (κ1) is 15.9. The van der Waals surface area contributed by atoms with Crippen molar-refractivity contribution in [1.29, 1.82) is 0 Å². The molecule has 2 heterocycles. The largest absolute Gasteiger partial charge is 0.521 e. The highest BCUT2D eigenvalue weighted by Crippen LogP contribution is 2.32. The summed E-state index contributed by atoms with van der Waals surface area (Å²) in [5, 5.41) is 9.62. The predicted octanol–water partition coefficient (Wildman–Crippen LogP) is 0.528. The van der Waals surface area contributed by atoms with Crippen molar-refractivity contribution in [3.05, 3.63) is 0 Å². The summed E-state index contributed by atoms with van der Waals surface area (Å²) in [7, 11) is 0. The quantitative estimate of drug-likeness (QED) is 0.724. The number of carbonyl (C=O) groups is 3. The number of carbonyl (C=O) groups excluding carboxylic acids is 2. The Kier molecular flexibility index (Phi) is 4.34. The minimum absolute atomic E-state index is 0.247. The van der Waals surface area contributed by atoms with Gasteiger partial charge in [0.15, 0.2) is 0 Å². The van der Waals surface area contributed by atoms with Gasteiger partial charge in [0.05, 0.1) is 12.6 Å². The lowest BCUT2D eigenvalue weighted by atomic mass is 10.1. The third kappa shape index (κ3) is 2.44. The minimum Gasteiger partial charge on any atom is -0.435 e. The van der Waals surface area contributed by atoms with Crippen molar-refractivity contribution in [2.24, 2.45) is 5.73 Å². The fourth-order valence-electron chi connectivity index (χ4n) is 3.60. The van der Waals surface area contributed by atoms with Crippen molar-refractivity contribution in [1.82, 2.24) is 4.90 Å². The van der Waals surface area contributed by atoms with Gasteiger partial charge in [0.1, 0.15) is 12.1 Å². The van der Waals surface area contributed by atoms with E-state index >= 15 is 0 Å². The van der Waals surface area contributed by atoms with E-state index in [-0.39, 0.29) is 17.9 Å². The molecule has 0 saturated carbocycles. The molecule has 0 bridgehead atoms. The maximum absolute atomic E-state index is 12.9. The third-order valence-electron chi connectivity index (χ3n) is 4.83. The molecule has 0 spiro atoms. The van der Waals surface area contributed by atoms with Gasteiger partial charge in [-0.05, 0) is 26.7 Å². The number of likely N-dealkylation sites (tertiary alicyclic amines) is 2. The van der Waals surface area contributed by atoms with Crippen LogP contribution in [-0.2, 0) is 9.59 Å². The van der Waals surface area contributed by atoms with Gasteiger partial charge in [-0.3, -0.25) is 4.79 Å². The molecule has 3 amide bonds. The van der Waals surface area contributed by atoms with Gasteiger partial charge in [-0.25, -0.2) is 4.79 Å². The second-order valence-electron chi connectivity index (χ2n) is 6.18. The van der Waals surface area contributed by atoms with E-state index < -0.39 is 22.7 Å². The minimum atomic E-state index is -1.11. The van der Waals surface area contributed by atoms with E-state index in [0.717, 1.165) is 0 Å². The van der Waals surface area contributed by atoms with Crippen LogP contribution in [0.25, 0.3) is 0 Å². The maximum atomic E-state index is 12.9. The lowest BCUT2D eigenvalue weighted by molar-refractivity contribution is -0.793. The highest BCUT2D eigenvalue weighted by molar-refractivity contribution is 5.90. The topological polar surface area (TPSA) is 101 Å². The van der Waals surface area contributed by atoms with Gasteiger partial charge in [0.2, 0.25) is 5.91 Å². The summed E-state index contributed by atoms with van der Waals surface area (Å²) >= 11 is 0. The molecule has 0 radical (unpaired) electrons. The molecule has 2 rings (SSSR count). The van der Waals surface area contributed by atoms with Crippen molar-refractivity contribution in [2.45, 2.75) is 57.7 Å². The van der Waals surface area contributed by atoms with Crippen molar-refractivity contribution in [3.63, 3.8) is 0 Å². The normalized spacial score (nSPS) is 34.0. The number of imide groups is 1. The maximum Gasteiger partial charge on any atom is 0.521 e. The molecule has 4 atom stereocenters. The molecule has 0 aromatic rings. The molecule has 118 valence electrons. The Hall–Kier alpha value is -1.47. The van der Waals surface area contributed by atoms with Gasteiger partial charge in [-0.15, -0.1) is 0 Å². The van der Waals surface area contributed by atoms with Crippen LogP contribution >= 0.6 is 0 Å². The molecular weight excluding hydrogens is 274 g/mol. The smallest absolute Gasteiger partial charge is 0.435 e. The zero-order valence-electron chi connectivity index (χ0n) is 12.6. The van der Waals surface area contributed by atoms with Crippen LogP contribution in [0.4, 0.5) is 4.79 Å². The summed E-state index contributed by atoms with van der Waals surface area (Å²) in [5.74, 6) is -0.639. The van der Waals surface area contributed by atoms with Crippen LogP contribution in [0.15, 0.2) is 0 Å². The summed E-state index contributed by atoms with van der Waals surface area (Å²) in [6.07, 6.45) is 1.56. The molecule has 2 aliphatic rings. The fraction of sp³-hybridized carbons (Fsp3) is 0.786. The second-order valence-corrected chi connectivity index (χ2v) is 6.18. The molecule has 3 N–H and O–H groups in total. The van der Waals surface area contributed by atoms with Gasteiger partial charge in [0.25, 0.3) is 0 Å². The van der Waals surface area contributed by atoms with E-state index in [0.29, 0.717) is 38.8 Å². The van der Waals surface area contributed by atoms with Crippen molar-refractivity contribution in [2.75, 3.05) is 13.1 Å². The van der Waals surface area contributed by atoms with E-state index in [9.17, 15) is 19.5 Å². The molecule has 2 fully saturated rings. The molecular formula is C14H24N3O4+. The molecule has 0 aromatic carbocycles. The summed E-state index contributed by atoms with van der Waals surface area (Å²) in [6, 6.07) is -1.57. The van der Waals surface area contributed by atoms with Crippen molar-refractivity contribution < 1.29 is 24.0 Å². The van der Waals surface area contributed by atoms with Crippen molar-refractivity contribution >= 4 is 17.9 Å². The van der Waals surface area contributed by atoms with E-state index in [4.69, 9.17) is 5.73 Å². The number of nitrogens with two attached hydrogens (primary N) is 1. The number of carboxylic acid groups (broad SMARTS) is 1. The van der Waals surface area contributed by atoms with Crippen molar-refractivity contribution in [3.8, 4) is 0 Å². The first-order valence-corrected chi connectivity index (χ1v) is 7.54. The average molecular weight is 298 g/mol. The van der Waals surface area contributed by atoms with Crippen LogP contribution in [0.2, 0.25) is 0 Å². The lowest BCUT2D eigenvalue weighted by Crippen LogP contribution is -2.64. The highest BCUT2D eigenvalue weighted by Gasteiger charge is 2.57. The third-order valence-corrected chi connectivity index (χ3v) is 4.83. The summed E-state index contributed by atoms with van der Waals surface area (Å²) in [5.41, 5.74) is 5.63. The number of rotatable bonds is 2. The predicted molar refractivity (Wildman–Crippen MR) is 75.2 cm³/mol. The van der Waals surface area contributed by atoms with Gasteiger partial charge < -0.3 is 15.7 Å². The van der Waals surface area contributed by atoms with Crippen LogP contribution in [0.1, 0.15) is 39.5 Å². The van der Waals surface area contributed by atoms with Crippen LogP contribution in [0.3, 0.4) is 0 Å². The zero-order chi connectivity index (χ0) is 15.8. The SMILES string of the molecule is C[C@H](N)C(=O)N1CCC[C@H]1C(=O)[N+]1(C(=O)O)CCC[C@H]1C. The summed E-state index contributed by atoms with van der Waals surface area (Å²) in [6.45, 7) is 4.17. The van der Waals surface area contributed by atoms with E-state index in [1.807, 2.05) is 0 Å². The van der Waals surface area contributed by atoms with Crippen LogP contribution in [0, 0.1) is 0 Å². The molecule has 0 aliphatic carbocycles. The zero-order valence-corrected chi connectivity index (χ0v) is 12.6. The Bertz CT molecular complexity index is 465. The van der Waals surface area contributed by atoms with E-state index in [1.54, 1.807) is 13.8 Å². The molecule has 21 heavy (non-hydrogen) atoms. The van der Waals surface area contributed by atoms with Gasteiger partial charge in [-0.1, -0.05) is 0 Å². The Morgan fingerprint density at radius 2 is 1.95 bits per heavy atom. The first-order valence-electron chi connectivity index (χ1n) is 7.54. The second kappa shape index (κ2) is 5.73. The van der Waals surface area contributed by atoms with Gasteiger partial charge in [0, 0.05) is 19.4 Å². The van der Waals surface area contributed by atoms with Gasteiger partial charge >= 0.3 is 12.0 Å². The molecule has 7 nitrogen and oxygen atoms in total. The standard InChI is InChI=1S/C14H23N3O4/c1-9-5-4-8-17(9,14(20)21)13(19)11-6-3-7-16(11)12(18)10(2)15/h9-11H,3-8,15H2,1-2H3/p+1/t9-,10+,11+,17?/m1/s1. The summed E-state index contributed by atoms with van der Waals surface area (Å²) < 4.78 is -0.548. The highest BCUT2D eigenvalue weighted by atomic mass is 16.4. The Balaban J connectivity index is 2.29. The van der Waals surface area contributed by atoms with Crippen LogP contribution in [0.5, 0.6) is 0 Å². The fourth-order valence-corrected chi connectivity index (χ4v) is 3.60. The number of hydrogen-bond acceptors (Lipinski definition) is 4. The molecule has 1 unspecified atom stereocenters. The Morgan fingerprint density at radius 3 is 2.43 bits per heavy atom. The number of hydrogen-bond donors (Lipinski definition) is 2. The number of quaternary nitrogens is 1. The van der Waals surface area contributed by atoms with Gasteiger partial charge in [-0.2, -0.15) is 9.28 Å². The lowest BCUT2D eigenvalue weighted by Gasteiger charge is -2.34. The van der Waals surface area contributed by atoms with Crippen LogP contribution in [-0.4, -0.2) is 63.6 Å². The molecule has 0 aromatic heterocycles. The molecule has 2 aliphatic heterocycles. The molecule has 2 saturated heterocycles. The van der Waals surface area contributed by atoms with E-state index in [2.05, 4.69) is 0 Å². The van der Waals surface area contributed by atoms with Crippen LogP contribution < -0.4 is 5.73 Å². The number of amides is 3. The Morgan fingerprint density at radius 1 is 1.29 bits per heavy atom. The first-order chi connectivity index (χ1) is 9.82. The average Bonchev–Trinajstić information content (AvgIpc) is 3.03. The summed E-state index contributed by atoms with van der Waals surface area (Å²) in [4.78, 5) is 38.3. The molecule has 7 heteroatoms. The monoisotopic (exact) mass is 298 g/mol. The number of nitrogens with zero attached hydrogens (tertiary/aromatic N) is 2. The van der Waals surface area contributed by atoms with E-state index in [1.165, 1.54) is 4.90 Å². The Labute approximate surface area is 124 Å².